The lowest BCUT2D eigenvalue weighted by atomic mass is 9.97. The van der Waals surface area contributed by atoms with E-state index >= 15 is 0 Å². The highest BCUT2D eigenvalue weighted by Gasteiger charge is 2.17. The first kappa shape index (κ1) is 13.3. The molecule has 0 radical (unpaired) electrons. The van der Waals surface area contributed by atoms with Crippen molar-refractivity contribution < 1.29 is 9.47 Å². The van der Waals surface area contributed by atoms with Crippen molar-refractivity contribution in [3.63, 3.8) is 0 Å². The molecule has 0 heterocycles. The van der Waals surface area contributed by atoms with Crippen molar-refractivity contribution in [2.45, 2.75) is 12.8 Å². The molecule has 1 aromatic rings. The minimum absolute atomic E-state index is 0.109. The van der Waals surface area contributed by atoms with Gasteiger partial charge in [-0.05, 0) is 24.6 Å². The van der Waals surface area contributed by atoms with E-state index in [4.69, 9.17) is 26.8 Å². The van der Waals surface area contributed by atoms with E-state index in [0.29, 0.717) is 18.2 Å². The maximum absolute atomic E-state index is 6.04. The Hall–Kier alpha value is -0.770. The number of benzene rings is 1. The summed E-state index contributed by atoms with van der Waals surface area (Å²) in [4.78, 5) is 0. The van der Waals surface area contributed by atoms with Crippen LogP contribution in [0.15, 0.2) is 12.1 Å². The first-order valence-electron chi connectivity index (χ1n) is 5.17. The summed E-state index contributed by atoms with van der Waals surface area (Å²) in [6, 6.07) is 3.77. The summed E-state index contributed by atoms with van der Waals surface area (Å²) in [5, 5.41) is 0.697. The molecule has 0 aliphatic rings. The van der Waals surface area contributed by atoms with Gasteiger partial charge < -0.3 is 15.2 Å². The van der Waals surface area contributed by atoms with Crippen LogP contribution in [0.25, 0.3) is 0 Å². The molecule has 0 aliphatic heterocycles. The van der Waals surface area contributed by atoms with Crippen LogP contribution in [-0.2, 0) is 4.74 Å². The van der Waals surface area contributed by atoms with Gasteiger partial charge in [-0.15, -0.1) is 0 Å². The summed E-state index contributed by atoms with van der Waals surface area (Å²) in [6.45, 7) is 3.03. The van der Waals surface area contributed by atoms with Crippen LogP contribution in [0.1, 0.15) is 17.0 Å². The van der Waals surface area contributed by atoms with Gasteiger partial charge in [-0.3, -0.25) is 0 Å². The topological polar surface area (TPSA) is 44.5 Å². The summed E-state index contributed by atoms with van der Waals surface area (Å²) in [6.07, 6.45) is 0. The zero-order chi connectivity index (χ0) is 12.1. The van der Waals surface area contributed by atoms with Crippen LogP contribution in [0.4, 0.5) is 0 Å². The summed E-state index contributed by atoms with van der Waals surface area (Å²) in [5.74, 6) is 0.953. The quantitative estimate of drug-likeness (QED) is 0.864. The van der Waals surface area contributed by atoms with Gasteiger partial charge in [-0.2, -0.15) is 0 Å². The smallest absolute Gasteiger partial charge is 0.125 e. The summed E-state index contributed by atoms with van der Waals surface area (Å²) in [7, 11) is 3.31. The molecule has 0 amide bonds. The molecule has 0 fully saturated rings. The Morgan fingerprint density at radius 3 is 2.56 bits per heavy atom. The number of hydrogen-bond acceptors (Lipinski definition) is 3. The lowest BCUT2D eigenvalue weighted by Crippen LogP contribution is -2.18. The molecule has 0 spiro atoms. The summed E-state index contributed by atoms with van der Waals surface area (Å²) in [5.41, 5.74) is 7.76. The van der Waals surface area contributed by atoms with E-state index in [1.54, 1.807) is 14.2 Å². The first-order chi connectivity index (χ1) is 7.63. The maximum atomic E-state index is 6.04. The summed E-state index contributed by atoms with van der Waals surface area (Å²) >= 11 is 6.04. The van der Waals surface area contributed by atoms with Crippen molar-refractivity contribution in [3.8, 4) is 5.75 Å². The minimum Gasteiger partial charge on any atom is -0.496 e. The second kappa shape index (κ2) is 6.09. The number of aryl methyl sites for hydroxylation is 1. The van der Waals surface area contributed by atoms with Gasteiger partial charge >= 0.3 is 0 Å². The largest absolute Gasteiger partial charge is 0.496 e. The number of rotatable bonds is 5. The number of hydrogen-bond donors (Lipinski definition) is 1. The first-order valence-corrected chi connectivity index (χ1v) is 5.54. The van der Waals surface area contributed by atoms with E-state index in [9.17, 15) is 0 Å². The van der Waals surface area contributed by atoms with Crippen molar-refractivity contribution in [3.05, 3.63) is 28.3 Å². The number of halogens is 1. The number of nitrogens with two attached hydrogens (primary N) is 1. The van der Waals surface area contributed by atoms with Crippen LogP contribution >= 0.6 is 11.6 Å². The fourth-order valence-corrected chi connectivity index (χ4v) is 2.11. The summed E-state index contributed by atoms with van der Waals surface area (Å²) < 4.78 is 10.5. The molecule has 0 bridgehead atoms. The Labute approximate surface area is 101 Å². The zero-order valence-corrected chi connectivity index (χ0v) is 10.7. The molecule has 1 unspecified atom stereocenters. The van der Waals surface area contributed by atoms with Crippen molar-refractivity contribution in [1.29, 1.82) is 0 Å². The van der Waals surface area contributed by atoms with Gasteiger partial charge in [0.25, 0.3) is 0 Å². The zero-order valence-electron chi connectivity index (χ0n) is 9.92. The third kappa shape index (κ3) is 2.88. The average Bonchev–Trinajstić information content (AvgIpc) is 2.25. The molecule has 4 heteroatoms. The predicted molar refractivity (Wildman–Crippen MR) is 66.4 cm³/mol. The Bertz CT molecular complexity index is 355. The molecule has 1 aromatic carbocycles. The van der Waals surface area contributed by atoms with E-state index in [2.05, 4.69) is 0 Å². The van der Waals surface area contributed by atoms with E-state index < -0.39 is 0 Å². The highest BCUT2D eigenvalue weighted by Crippen LogP contribution is 2.32. The van der Waals surface area contributed by atoms with Crippen LogP contribution < -0.4 is 10.5 Å². The molecule has 0 saturated carbocycles. The average molecular weight is 244 g/mol. The molecule has 0 aliphatic carbocycles. The van der Waals surface area contributed by atoms with Gasteiger partial charge in [0.15, 0.2) is 0 Å². The SMILES string of the molecule is COCC(CN)c1cc(Cl)cc(C)c1OC. The van der Waals surface area contributed by atoms with Crippen molar-refractivity contribution in [2.24, 2.45) is 5.73 Å². The van der Waals surface area contributed by atoms with Gasteiger partial charge in [-0.25, -0.2) is 0 Å². The van der Waals surface area contributed by atoms with E-state index in [0.717, 1.165) is 16.9 Å². The molecule has 1 atom stereocenters. The molecule has 16 heavy (non-hydrogen) atoms. The van der Waals surface area contributed by atoms with E-state index in [1.165, 1.54) is 0 Å². The molecular formula is C12H18ClNO2. The van der Waals surface area contributed by atoms with E-state index in [-0.39, 0.29) is 5.92 Å². The number of methoxy groups -OCH3 is 2. The normalized spacial score (nSPS) is 12.6. The fourth-order valence-electron chi connectivity index (χ4n) is 1.82. The highest BCUT2D eigenvalue weighted by atomic mass is 35.5. The van der Waals surface area contributed by atoms with Crippen LogP contribution in [-0.4, -0.2) is 27.4 Å². The number of ether oxygens (including phenoxy) is 2. The van der Waals surface area contributed by atoms with Gasteiger partial charge in [0.05, 0.1) is 13.7 Å². The monoisotopic (exact) mass is 243 g/mol. The minimum atomic E-state index is 0.109. The van der Waals surface area contributed by atoms with Crippen LogP contribution in [0.3, 0.4) is 0 Å². The third-order valence-electron chi connectivity index (χ3n) is 2.56. The van der Waals surface area contributed by atoms with E-state index in [1.807, 2.05) is 19.1 Å². The van der Waals surface area contributed by atoms with Crippen LogP contribution in [0.5, 0.6) is 5.75 Å². The molecule has 0 aromatic heterocycles. The van der Waals surface area contributed by atoms with Crippen molar-refractivity contribution in [2.75, 3.05) is 27.4 Å². The Balaban J connectivity index is 3.17. The van der Waals surface area contributed by atoms with Gasteiger partial charge in [0.1, 0.15) is 5.75 Å². The molecule has 1 rings (SSSR count). The Morgan fingerprint density at radius 2 is 2.06 bits per heavy atom. The highest BCUT2D eigenvalue weighted by molar-refractivity contribution is 6.30. The van der Waals surface area contributed by atoms with Gasteiger partial charge in [0, 0.05) is 30.2 Å². The second-order valence-electron chi connectivity index (χ2n) is 3.73. The van der Waals surface area contributed by atoms with Gasteiger partial charge in [0.2, 0.25) is 0 Å². The van der Waals surface area contributed by atoms with Crippen molar-refractivity contribution >= 4 is 11.6 Å². The fraction of sp³-hybridized carbons (Fsp3) is 0.500. The standard InChI is InChI=1S/C12H18ClNO2/c1-8-4-10(13)5-11(12(8)16-3)9(6-14)7-15-2/h4-5,9H,6-7,14H2,1-3H3. The molecule has 3 nitrogen and oxygen atoms in total. The lowest BCUT2D eigenvalue weighted by Gasteiger charge is -2.19. The maximum Gasteiger partial charge on any atom is 0.125 e. The Kier molecular flexibility index (Phi) is 5.06. The van der Waals surface area contributed by atoms with Crippen molar-refractivity contribution in [1.82, 2.24) is 0 Å². The molecule has 90 valence electrons. The third-order valence-corrected chi connectivity index (χ3v) is 2.78. The molecule has 0 saturated heterocycles. The molecule has 2 N–H and O–H groups in total. The molecular weight excluding hydrogens is 226 g/mol. The van der Waals surface area contributed by atoms with Crippen LogP contribution in [0, 0.1) is 6.92 Å². The second-order valence-corrected chi connectivity index (χ2v) is 4.17. The van der Waals surface area contributed by atoms with Gasteiger partial charge in [-0.1, -0.05) is 11.6 Å². The predicted octanol–water partition coefficient (Wildman–Crippen LogP) is 2.35. The Morgan fingerprint density at radius 1 is 1.38 bits per heavy atom. The van der Waals surface area contributed by atoms with Crippen LogP contribution in [0.2, 0.25) is 5.02 Å². The lowest BCUT2D eigenvalue weighted by molar-refractivity contribution is 0.180.